The van der Waals surface area contributed by atoms with Crippen molar-refractivity contribution in [2.45, 2.75) is 33.0 Å². The number of carbonyl (C=O) groups is 1. The van der Waals surface area contributed by atoms with Gasteiger partial charge in [0, 0.05) is 37.3 Å². The maximum absolute atomic E-state index is 12.8. The van der Waals surface area contributed by atoms with Gasteiger partial charge < -0.3 is 25.8 Å². The van der Waals surface area contributed by atoms with Crippen LogP contribution in [-0.2, 0) is 13.1 Å². The van der Waals surface area contributed by atoms with E-state index in [1.807, 2.05) is 13.0 Å². The number of primary amides is 1. The van der Waals surface area contributed by atoms with Crippen molar-refractivity contribution in [2.24, 2.45) is 10.7 Å². The molecule has 10 heteroatoms. The van der Waals surface area contributed by atoms with Crippen LogP contribution >= 0.6 is 24.0 Å². The zero-order valence-electron chi connectivity index (χ0n) is 17.4. The van der Waals surface area contributed by atoms with Crippen molar-refractivity contribution >= 4 is 35.8 Å². The molecule has 0 saturated carbocycles. The average molecular weight is 548 g/mol. The molecule has 2 rings (SSSR count). The third-order valence-corrected chi connectivity index (χ3v) is 4.07. The van der Waals surface area contributed by atoms with Crippen LogP contribution in [0.1, 0.15) is 34.8 Å². The van der Waals surface area contributed by atoms with Gasteiger partial charge in [0.1, 0.15) is 11.5 Å². The van der Waals surface area contributed by atoms with E-state index in [9.17, 15) is 13.6 Å². The highest BCUT2D eigenvalue weighted by atomic mass is 127. The smallest absolute Gasteiger partial charge is 0.387 e. The summed E-state index contributed by atoms with van der Waals surface area (Å²) in [5, 5.41) is 6.15. The predicted molar refractivity (Wildman–Crippen MR) is 126 cm³/mol. The molecule has 0 spiro atoms. The van der Waals surface area contributed by atoms with Crippen molar-refractivity contribution in [3.63, 3.8) is 0 Å². The van der Waals surface area contributed by atoms with Gasteiger partial charge >= 0.3 is 6.61 Å². The third-order valence-electron chi connectivity index (χ3n) is 4.07. The molecule has 0 unspecified atom stereocenters. The number of nitrogens with two attached hydrogens (primary N) is 1. The van der Waals surface area contributed by atoms with Gasteiger partial charge in [-0.3, -0.25) is 9.79 Å². The van der Waals surface area contributed by atoms with Crippen LogP contribution in [0.25, 0.3) is 0 Å². The Morgan fingerprint density at radius 2 is 1.90 bits per heavy atom. The molecule has 0 aliphatic carbocycles. The summed E-state index contributed by atoms with van der Waals surface area (Å²) in [7, 11) is 1.59. The Labute approximate surface area is 197 Å². The van der Waals surface area contributed by atoms with E-state index in [0.29, 0.717) is 36.0 Å². The van der Waals surface area contributed by atoms with Gasteiger partial charge in [-0.2, -0.15) is 8.78 Å². The summed E-state index contributed by atoms with van der Waals surface area (Å²) >= 11 is 0. The van der Waals surface area contributed by atoms with E-state index in [1.54, 1.807) is 37.4 Å². The summed E-state index contributed by atoms with van der Waals surface area (Å²) in [5.41, 5.74) is 7.07. The number of hydrogen-bond acceptors (Lipinski definition) is 4. The van der Waals surface area contributed by atoms with Crippen molar-refractivity contribution in [3.8, 4) is 11.5 Å². The van der Waals surface area contributed by atoms with Gasteiger partial charge in [-0.05, 0) is 36.2 Å². The van der Waals surface area contributed by atoms with Crippen LogP contribution in [0.5, 0.6) is 11.5 Å². The molecular weight excluding hydrogens is 521 g/mol. The maximum atomic E-state index is 12.8. The van der Waals surface area contributed by atoms with Gasteiger partial charge in [0.25, 0.3) is 0 Å². The molecule has 31 heavy (non-hydrogen) atoms. The number of hydrogen-bond donors (Lipinski definition) is 3. The zero-order valence-corrected chi connectivity index (χ0v) is 19.7. The van der Waals surface area contributed by atoms with E-state index >= 15 is 0 Å². The van der Waals surface area contributed by atoms with E-state index in [2.05, 4.69) is 20.4 Å². The number of aliphatic imine (C=N–C) groups is 1. The molecular formula is C21H27F2IN4O3. The highest BCUT2D eigenvalue weighted by molar-refractivity contribution is 14.0. The van der Waals surface area contributed by atoms with Crippen molar-refractivity contribution in [1.29, 1.82) is 0 Å². The van der Waals surface area contributed by atoms with Gasteiger partial charge in [0.2, 0.25) is 5.91 Å². The fourth-order valence-corrected chi connectivity index (χ4v) is 2.62. The van der Waals surface area contributed by atoms with Crippen molar-refractivity contribution < 1.29 is 23.0 Å². The topological polar surface area (TPSA) is 98.0 Å². The summed E-state index contributed by atoms with van der Waals surface area (Å²) < 4.78 is 35.7. The molecule has 0 fully saturated rings. The first-order chi connectivity index (χ1) is 14.4. The van der Waals surface area contributed by atoms with Gasteiger partial charge in [-0.1, -0.05) is 19.1 Å². The minimum absolute atomic E-state index is 0. The van der Waals surface area contributed by atoms with Crippen LogP contribution in [0, 0.1) is 0 Å². The molecule has 2 aromatic carbocycles. The Morgan fingerprint density at radius 1 is 1.16 bits per heavy atom. The first-order valence-electron chi connectivity index (χ1n) is 9.46. The van der Waals surface area contributed by atoms with Crippen LogP contribution < -0.4 is 25.8 Å². The SMILES string of the molecule is CCCOc1ccc(CNC(=NC)NCc2cccc(C(N)=O)c2)c(OC(F)F)c1.I. The van der Waals surface area contributed by atoms with E-state index in [1.165, 1.54) is 6.07 Å². The second kappa shape index (κ2) is 13.6. The number of nitrogens with zero attached hydrogens (tertiary/aromatic N) is 1. The van der Waals surface area contributed by atoms with Crippen LogP contribution in [0.4, 0.5) is 8.78 Å². The lowest BCUT2D eigenvalue weighted by molar-refractivity contribution is -0.0505. The molecule has 7 nitrogen and oxygen atoms in total. The molecule has 0 aliphatic rings. The van der Waals surface area contributed by atoms with Crippen molar-refractivity contribution in [2.75, 3.05) is 13.7 Å². The molecule has 0 atom stereocenters. The van der Waals surface area contributed by atoms with Crippen molar-refractivity contribution in [1.82, 2.24) is 10.6 Å². The van der Waals surface area contributed by atoms with Crippen LogP contribution in [-0.4, -0.2) is 32.1 Å². The Kier molecular flexibility index (Phi) is 11.6. The van der Waals surface area contributed by atoms with Crippen LogP contribution in [0.15, 0.2) is 47.5 Å². The van der Waals surface area contributed by atoms with Crippen LogP contribution in [0.3, 0.4) is 0 Å². The molecule has 170 valence electrons. The van der Waals surface area contributed by atoms with Gasteiger partial charge in [0.15, 0.2) is 5.96 Å². The minimum Gasteiger partial charge on any atom is -0.493 e. The second-order valence-electron chi connectivity index (χ2n) is 6.34. The Balaban J connectivity index is 0.00000480. The molecule has 0 aromatic heterocycles. The van der Waals surface area contributed by atoms with E-state index in [0.717, 1.165) is 12.0 Å². The molecule has 2 aromatic rings. The number of halogens is 3. The lowest BCUT2D eigenvalue weighted by Gasteiger charge is -2.16. The Bertz CT molecular complexity index is 881. The molecule has 0 heterocycles. The number of guanidine groups is 1. The summed E-state index contributed by atoms with van der Waals surface area (Å²) in [6.45, 7) is 0.0963. The molecule has 1 amide bonds. The average Bonchev–Trinajstić information content (AvgIpc) is 2.73. The molecule has 0 radical (unpaired) electrons. The molecule has 0 saturated heterocycles. The van der Waals surface area contributed by atoms with Crippen molar-refractivity contribution in [3.05, 3.63) is 59.2 Å². The first-order valence-corrected chi connectivity index (χ1v) is 9.46. The van der Waals surface area contributed by atoms with Gasteiger partial charge in [-0.25, -0.2) is 0 Å². The third kappa shape index (κ3) is 8.95. The lowest BCUT2D eigenvalue weighted by atomic mass is 10.1. The standard InChI is InChI=1S/C21H26F2N4O3.HI/c1-3-9-29-17-8-7-16(18(11-17)30-20(22)23)13-27-21(25-2)26-12-14-5-4-6-15(10-14)19(24)28;/h4-8,10-11,20H,3,9,12-13H2,1-2H3,(H2,24,28)(H2,25,26,27);1H. The number of amides is 1. The van der Waals surface area contributed by atoms with Gasteiger partial charge in [-0.15, -0.1) is 24.0 Å². The number of benzene rings is 2. The minimum atomic E-state index is -2.94. The summed E-state index contributed by atoms with van der Waals surface area (Å²) in [4.78, 5) is 15.4. The zero-order chi connectivity index (χ0) is 21.9. The molecule has 0 aliphatic heterocycles. The second-order valence-corrected chi connectivity index (χ2v) is 6.34. The predicted octanol–water partition coefficient (Wildman–Crippen LogP) is 3.66. The number of rotatable bonds is 10. The molecule has 4 N–H and O–H groups in total. The quantitative estimate of drug-likeness (QED) is 0.239. The monoisotopic (exact) mass is 548 g/mol. The number of nitrogens with one attached hydrogen (secondary N) is 2. The summed E-state index contributed by atoms with van der Waals surface area (Å²) in [6, 6.07) is 11.7. The molecule has 0 bridgehead atoms. The fourth-order valence-electron chi connectivity index (χ4n) is 2.62. The van der Waals surface area contributed by atoms with E-state index < -0.39 is 12.5 Å². The highest BCUT2D eigenvalue weighted by Crippen LogP contribution is 2.26. The number of alkyl halides is 2. The Morgan fingerprint density at radius 3 is 2.55 bits per heavy atom. The van der Waals surface area contributed by atoms with E-state index in [-0.39, 0.29) is 36.3 Å². The van der Waals surface area contributed by atoms with Gasteiger partial charge in [0.05, 0.1) is 6.61 Å². The Hall–Kier alpha value is -2.63. The van der Waals surface area contributed by atoms with Crippen LogP contribution in [0.2, 0.25) is 0 Å². The summed E-state index contributed by atoms with van der Waals surface area (Å²) in [5.74, 6) is 0.454. The summed E-state index contributed by atoms with van der Waals surface area (Å²) in [6.07, 6.45) is 0.804. The largest absolute Gasteiger partial charge is 0.493 e. The fraction of sp³-hybridized carbons (Fsp3) is 0.333. The number of carbonyl (C=O) groups excluding carboxylic acids is 1. The highest BCUT2D eigenvalue weighted by Gasteiger charge is 2.12. The maximum Gasteiger partial charge on any atom is 0.387 e. The normalized spacial score (nSPS) is 10.9. The number of ether oxygens (including phenoxy) is 2. The lowest BCUT2D eigenvalue weighted by Crippen LogP contribution is -2.36. The van der Waals surface area contributed by atoms with E-state index in [4.69, 9.17) is 10.5 Å². The first kappa shape index (κ1) is 26.4.